The lowest BCUT2D eigenvalue weighted by Gasteiger charge is -2.23. The maximum Gasteiger partial charge on any atom is 0.352 e. The van der Waals surface area contributed by atoms with Crippen LogP contribution in [0.4, 0.5) is 15.9 Å². The Balaban J connectivity index is 1.72. The number of para-hydroxylation sites is 2. The van der Waals surface area contributed by atoms with Crippen molar-refractivity contribution in [1.29, 1.82) is 0 Å². The second-order valence-corrected chi connectivity index (χ2v) is 5.78. The molecule has 3 heterocycles. The van der Waals surface area contributed by atoms with E-state index >= 15 is 0 Å². The van der Waals surface area contributed by atoms with Gasteiger partial charge < -0.3 is 19.9 Å². The summed E-state index contributed by atoms with van der Waals surface area (Å²) in [6.07, 6.45) is -3.07. The molecule has 1 fully saturated rings. The highest BCUT2D eigenvalue weighted by Gasteiger charge is 2.45. The van der Waals surface area contributed by atoms with Crippen LogP contribution in [0.15, 0.2) is 35.3 Å². The summed E-state index contributed by atoms with van der Waals surface area (Å²) in [5.41, 5.74) is 0.0115. The Hall–Kier alpha value is -2.45. The van der Waals surface area contributed by atoms with Crippen LogP contribution < -0.4 is 15.7 Å². The molecule has 4 rings (SSSR count). The number of hydrogen-bond acceptors (Lipinski definition) is 6. The van der Waals surface area contributed by atoms with Crippen molar-refractivity contribution >= 4 is 11.5 Å². The molecule has 0 spiro atoms. The van der Waals surface area contributed by atoms with E-state index in [-0.39, 0.29) is 5.82 Å². The highest BCUT2D eigenvalue weighted by atomic mass is 19.1. The molecule has 0 bridgehead atoms. The molecule has 1 aromatic carbocycles. The van der Waals surface area contributed by atoms with Gasteiger partial charge in [-0.3, -0.25) is 4.57 Å². The van der Waals surface area contributed by atoms with E-state index in [2.05, 4.69) is 10.3 Å². The summed E-state index contributed by atoms with van der Waals surface area (Å²) in [4.78, 5) is 16.2. The number of aromatic nitrogens is 2. The molecule has 0 amide bonds. The van der Waals surface area contributed by atoms with E-state index in [0.717, 1.165) is 4.57 Å². The van der Waals surface area contributed by atoms with Crippen molar-refractivity contribution in [2.24, 2.45) is 0 Å². The first-order valence-corrected chi connectivity index (χ1v) is 7.73. The maximum absolute atomic E-state index is 14.3. The fourth-order valence-electron chi connectivity index (χ4n) is 2.97. The van der Waals surface area contributed by atoms with Gasteiger partial charge in [-0.1, -0.05) is 19.1 Å². The summed E-state index contributed by atoms with van der Waals surface area (Å²) >= 11 is 0. The van der Waals surface area contributed by atoms with Gasteiger partial charge in [0.25, 0.3) is 0 Å². The minimum atomic E-state index is -1.71. The minimum Gasteiger partial charge on any atom is -0.450 e. The van der Waals surface area contributed by atoms with Gasteiger partial charge in [-0.25, -0.2) is 9.18 Å². The Kier molecular flexibility index (Phi) is 3.50. The third-order valence-electron chi connectivity index (χ3n) is 4.25. The predicted octanol–water partition coefficient (Wildman–Crippen LogP) is 2.10. The standard InChI is InChI=1S/C16H16FN3O4/c1-2-9-13(21)12(17)15(24-9)20-7-11-14(19-16(20)22)18-8-5-3-4-6-10(8)23-11/h3-7,9,12-13,15,21H,2H2,1H3,(H,18,19,22)/t9-,12?,13+,15-/m1/s1. The molecular formula is C16H16FN3O4. The zero-order valence-electron chi connectivity index (χ0n) is 12.8. The molecule has 0 saturated carbocycles. The smallest absolute Gasteiger partial charge is 0.352 e. The topological polar surface area (TPSA) is 85.6 Å². The lowest BCUT2D eigenvalue weighted by molar-refractivity contribution is -0.0282. The van der Waals surface area contributed by atoms with Gasteiger partial charge in [0.1, 0.15) is 6.10 Å². The fourth-order valence-corrected chi connectivity index (χ4v) is 2.97. The Bertz CT molecular complexity index is 840. The Labute approximate surface area is 136 Å². The van der Waals surface area contributed by atoms with Gasteiger partial charge in [0, 0.05) is 0 Å². The second-order valence-electron chi connectivity index (χ2n) is 5.78. The maximum atomic E-state index is 14.3. The second kappa shape index (κ2) is 5.57. The highest BCUT2D eigenvalue weighted by Crippen LogP contribution is 2.40. The Morgan fingerprint density at radius 2 is 2.17 bits per heavy atom. The van der Waals surface area contributed by atoms with Crippen LogP contribution >= 0.6 is 0 Å². The number of benzene rings is 1. The first-order valence-electron chi connectivity index (χ1n) is 7.73. The number of nitrogens with one attached hydrogen (secondary N) is 1. The molecule has 126 valence electrons. The molecular weight excluding hydrogens is 317 g/mol. The van der Waals surface area contributed by atoms with E-state index in [4.69, 9.17) is 9.47 Å². The Morgan fingerprint density at radius 1 is 1.38 bits per heavy atom. The van der Waals surface area contributed by atoms with Gasteiger partial charge in [-0.2, -0.15) is 4.98 Å². The first-order chi connectivity index (χ1) is 11.6. The normalized spacial score (nSPS) is 27.8. The SMILES string of the molecule is CC[C@H]1O[C@@H](n2cc3c(nc2=O)Nc2ccccc2O3)C(F)[C@H]1O. The summed E-state index contributed by atoms with van der Waals surface area (Å²) in [6.45, 7) is 1.78. The van der Waals surface area contributed by atoms with Crippen molar-refractivity contribution < 1.29 is 19.0 Å². The molecule has 1 unspecified atom stereocenters. The first kappa shape index (κ1) is 15.1. The van der Waals surface area contributed by atoms with Gasteiger partial charge in [-0.05, 0) is 18.6 Å². The third kappa shape index (κ3) is 2.26. The summed E-state index contributed by atoms with van der Waals surface area (Å²) < 4.78 is 26.6. The zero-order chi connectivity index (χ0) is 16.8. The van der Waals surface area contributed by atoms with Gasteiger partial charge >= 0.3 is 5.69 Å². The monoisotopic (exact) mass is 333 g/mol. The molecule has 0 radical (unpaired) electrons. The van der Waals surface area contributed by atoms with Crippen molar-refractivity contribution in [2.45, 2.75) is 38.0 Å². The van der Waals surface area contributed by atoms with E-state index in [1.807, 2.05) is 12.1 Å². The summed E-state index contributed by atoms with van der Waals surface area (Å²) in [5.74, 6) is 1.13. The van der Waals surface area contributed by atoms with Crippen molar-refractivity contribution in [3.63, 3.8) is 0 Å². The van der Waals surface area contributed by atoms with Crippen molar-refractivity contribution in [3.05, 3.63) is 40.9 Å². The molecule has 4 atom stereocenters. The average molecular weight is 333 g/mol. The number of hydrogen-bond donors (Lipinski definition) is 2. The van der Waals surface area contributed by atoms with Crippen molar-refractivity contribution in [1.82, 2.24) is 9.55 Å². The number of ether oxygens (including phenoxy) is 2. The van der Waals surface area contributed by atoms with Crippen molar-refractivity contribution in [2.75, 3.05) is 5.32 Å². The van der Waals surface area contributed by atoms with E-state index in [1.54, 1.807) is 19.1 Å². The van der Waals surface area contributed by atoms with E-state index in [9.17, 15) is 14.3 Å². The molecule has 24 heavy (non-hydrogen) atoms. The quantitative estimate of drug-likeness (QED) is 0.747. The molecule has 2 N–H and O–H groups in total. The van der Waals surface area contributed by atoms with Gasteiger partial charge in [0.05, 0.1) is 18.0 Å². The predicted molar refractivity (Wildman–Crippen MR) is 83.4 cm³/mol. The number of fused-ring (bicyclic) bond motifs is 2. The van der Waals surface area contributed by atoms with Crippen LogP contribution in [0, 0.1) is 0 Å². The summed E-state index contributed by atoms with van der Waals surface area (Å²) in [6, 6.07) is 7.20. The number of halogens is 1. The van der Waals surface area contributed by atoms with Gasteiger partial charge in [-0.15, -0.1) is 0 Å². The molecule has 1 saturated heterocycles. The molecule has 0 aliphatic carbocycles. The van der Waals surface area contributed by atoms with E-state index < -0.39 is 30.3 Å². The van der Waals surface area contributed by atoms with Crippen LogP contribution in [-0.2, 0) is 4.74 Å². The molecule has 2 aliphatic rings. The zero-order valence-corrected chi connectivity index (χ0v) is 12.8. The van der Waals surface area contributed by atoms with Crippen LogP contribution in [0.3, 0.4) is 0 Å². The molecule has 7 nitrogen and oxygen atoms in total. The molecule has 2 aromatic rings. The van der Waals surface area contributed by atoms with Crippen molar-refractivity contribution in [3.8, 4) is 11.5 Å². The summed E-state index contributed by atoms with van der Waals surface area (Å²) in [5, 5.41) is 12.9. The molecule has 2 aliphatic heterocycles. The molecule has 1 aromatic heterocycles. The lowest BCUT2D eigenvalue weighted by atomic mass is 10.1. The van der Waals surface area contributed by atoms with Crippen LogP contribution in [0.2, 0.25) is 0 Å². The Morgan fingerprint density at radius 3 is 2.92 bits per heavy atom. The number of aliphatic hydroxyl groups excluding tert-OH is 1. The molecule has 8 heteroatoms. The number of aliphatic hydroxyl groups is 1. The average Bonchev–Trinajstić information content (AvgIpc) is 2.87. The number of rotatable bonds is 2. The minimum absolute atomic E-state index is 0.260. The highest BCUT2D eigenvalue weighted by molar-refractivity contribution is 5.72. The van der Waals surface area contributed by atoms with Gasteiger partial charge in [0.15, 0.2) is 29.7 Å². The van der Waals surface area contributed by atoms with Crippen LogP contribution in [0.1, 0.15) is 19.6 Å². The number of alkyl halides is 1. The van der Waals surface area contributed by atoms with Gasteiger partial charge in [0.2, 0.25) is 0 Å². The van der Waals surface area contributed by atoms with E-state index in [1.165, 1.54) is 6.20 Å². The van der Waals surface area contributed by atoms with Crippen LogP contribution in [0.5, 0.6) is 11.5 Å². The fraction of sp³-hybridized carbons (Fsp3) is 0.375. The van der Waals surface area contributed by atoms with E-state index in [0.29, 0.717) is 23.6 Å². The summed E-state index contributed by atoms with van der Waals surface area (Å²) in [7, 11) is 0. The number of anilines is 2. The third-order valence-corrected chi connectivity index (χ3v) is 4.25. The van der Waals surface area contributed by atoms with Crippen LogP contribution in [-0.4, -0.2) is 33.0 Å². The van der Waals surface area contributed by atoms with Crippen LogP contribution in [0.25, 0.3) is 0 Å². The lowest BCUT2D eigenvalue weighted by Crippen LogP contribution is -2.33. The largest absolute Gasteiger partial charge is 0.450 e. The number of nitrogens with zero attached hydrogens (tertiary/aromatic N) is 2.